The molecule has 0 aliphatic carbocycles. The van der Waals surface area contributed by atoms with Crippen molar-refractivity contribution < 1.29 is 17.9 Å². The van der Waals surface area contributed by atoms with Crippen molar-refractivity contribution in [3.63, 3.8) is 0 Å². The molecule has 0 unspecified atom stereocenters. The highest BCUT2D eigenvalue weighted by Gasteiger charge is 2.28. The molecule has 0 aliphatic rings. The van der Waals surface area contributed by atoms with Crippen LogP contribution in [0.4, 0.5) is 5.13 Å². The molecule has 0 atom stereocenters. The Kier molecular flexibility index (Phi) is 6.95. The molecular weight excluding hydrogens is 372 g/mol. The lowest BCUT2D eigenvalue weighted by molar-refractivity contribution is -0.114. The molecule has 11 heteroatoms. The van der Waals surface area contributed by atoms with Crippen molar-refractivity contribution in [3.8, 4) is 0 Å². The third-order valence-electron chi connectivity index (χ3n) is 2.13. The number of carbonyl (C=O) groups excluding carboxylic acids is 1. The average Bonchev–Trinajstić information content (AvgIpc) is 2.82. The molecule has 0 fully saturated rings. The van der Waals surface area contributed by atoms with Gasteiger partial charge in [-0.1, -0.05) is 27.3 Å². The van der Waals surface area contributed by atoms with Crippen molar-refractivity contribution in [1.82, 2.24) is 14.5 Å². The number of aromatic nitrogens is 2. The number of carbonyl (C=O) groups is 1. The van der Waals surface area contributed by atoms with Crippen LogP contribution in [0.3, 0.4) is 0 Å². The number of alkyl halides is 1. The van der Waals surface area contributed by atoms with Crippen LogP contribution in [0.15, 0.2) is 4.34 Å². The molecule has 1 rings (SSSR count). The number of anilines is 1. The van der Waals surface area contributed by atoms with Gasteiger partial charge in [-0.2, -0.15) is 4.31 Å². The summed E-state index contributed by atoms with van der Waals surface area (Å²) in [6.07, 6.45) is 0. The van der Waals surface area contributed by atoms with Crippen LogP contribution in [0.5, 0.6) is 0 Å². The lowest BCUT2D eigenvalue weighted by Gasteiger charge is -2.18. The van der Waals surface area contributed by atoms with Gasteiger partial charge in [0.2, 0.25) is 15.4 Å². The SMILES string of the molecule is COCCN(CCBr)S(=O)(=O)c1nnc(NC(C)=O)s1. The van der Waals surface area contributed by atoms with E-state index in [-0.39, 0.29) is 28.5 Å². The number of methoxy groups -OCH3 is 1. The van der Waals surface area contributed by atoms with Crippen LogP contribution in [0.2, 0.25) is 0 Å². The van der Waals surface area contributed by atoms with Crippen LogP contribution in [0.25, 0.3) is 0 Å². The Hall–Kier alpha value is -0.620. The molecule has 1 aromatic rings. The summed E-state index contributed by atoms with van der Waals surface area (Å²) in [5.74, 6) is -0.332. The van der Waals surface area contributed by atoms with Crippen LogP contribution < -0.4 is 5.32 Å². The van der Waals surface area contributed by atoms with Crippen LogP contribution in [-0.2, 0) is 19.6 Å². The van der Waals surface area contributed by atoms with E-state index in [9.17, 15) is 13.2 Å². The zero-order valence-corrected chi connectivity index (χ0v) is 14.2. The van der Waals surface area contributed by atoms with E-state index in [1.54, 1.807) is 0 Å². The van der Waals surface area contributed by atoms with Gasteiger partial charge in [0.1, 0.15) is 0 Å². The fourth-order valence-electron chi connectivity index (χ4n) is 1.27. The third kappa shape index (κ3) is 4.74. The first-order valence-corrected chi connectivity index (χ1v) is 8.95. The van der Waals surface area contributed by atoms with Crippen LogP contribution >= 0.6 is 27.3 Å². The molecule has 1 aromatic heterocycles. The van der Waals surface area contributed by atoms with E-state index in [1.807, 2.05) is 0 Å². The van der Waals surface area contributed by atoms with E-state index >= 15 is 0 Å². The summed E-state index contributed by atoms with van der Waals surface area (Å²) < 4.78 is 30.7. The monoisotopic (exact) mass is 386 g/mol. The standard InChI is InChI=1S/C9H15BrN4O4S2/c1-7(15)11-8-12-13-9(19-8)20(16,17)14(4-3-10)5-6-18-2/h3-6H2,1-2H3,(H,11,12,15). The van der Waals surface area contributed by atoms with E-state index in [0.717, 1.165) is 11.3 Å². The molecule has 0 saturated heterocycles. The Bertz CT molecular complexity index is 548. The third-order valence-corrected chi connectivity index (χ3v) is 5.57. The van der Waals surface area contributed by atoms with Crippen molar-refractivity contribution in [3.05, 3.63) is 0 Å². The van der Waals surface area contributed by atoms with Gasteiger partial charge >= 0.3 is 0 Å². The highest BCUT2D eigenvalue weighted by Crippen LogP contribution is 2.23. The Labute approximate surface area is 129 Å². The molecule has 1 N–H and O–H groups in total. The number of nitrogens with one attached hydrogen (secondary N) is 1. The highest BCUT2D eigenvalue weighted by molar-refractivity contribution is 9.09. The summed E-state index contributed by atoms with van der Waals surface area (Å²) in [5, 5.41) is 10.3. The van der Waals surface area contributed by atoms with Gasteiger partial charge in [0.05, 0.1) is 6.61 Å². The number of hydrogen-bond acceptors (Lipinski definition) is 7. The first-order valence-electron chi connectivity index (χ1n) is 5.58. The van der Waals surface area contributed by atoms with Gasteiger partial charge in [0.25, 0.3) is 10.0 Å². The fraction of sp³-hybridized carbons (Fsp3) is 0.667. The van der Waals surface area contributed by atoms with E-state index < -0.39 is 10.0 Å². The predicted molar refractivity (Wildman–Crippen MR) is 78.6 cm³/mol. The topological polar surface area (TPSA) is 101 Å². The van der Waals surface area contributed by atoms with Gasteiger partial charge in [0, 0.05) is 32.5 Å². The van der Waals surface area contributed by atoms with Crippen LogP contribution in [0, 0.1) is 0 Å². The highest BCUT2D eigenvalue weighted by atomic mass is 79.9. The number of halogens is 1. The quantitative estimate of drug-likeness (QED) is 0.516. The molecule has 1 amide bonds. The summed E-state index contributed by atoms with van der Waals surface area (Å²) in [6.45, 7) is 2.11. The van der Waals surface area contributed by atoms with Gasteiger partial charge < -0.3 is 10.1 Å². The van der Waals surface area contributed by atoms with Crippen LogP contribution in [0.1, 0.15) is 6.92 Å². The van der Waals surface area contributed by atoms with Gasteiger partial charge in [-0.3, -0.25) is 4.79 Å². The molecule has 0 saturated carbocycles. The van der Waals surface area contributed by atoms with E-state index in [0.29, 0.717) is 11.9 Å². The first-order chi connectivity index (χ1) is 9.41. The lowest BCUT2D eigenvalue weighted by Crippen LogP contribution is -2.35. The largest absolute Gasteiger partial charge is 0.383 e. The number of amides is 1. The summed E-state index contributed by atoms with van der Waals surface area (Å²) in [4.78, 5) is 10.9. The van der Waals surface area contributed by atoms with Crippen molar-refractivity contribution in [1.29, 1.82) is 0 Å². The van der Waals surface area contributed by atoms with E-state index in [1.165, 1.54) is 18.3 Å². The number of hydrogen-bond donors (Lipinski definition) is 1. The Morgan fingerprint density at radius 1 is 1.45 bits per heavy atom. The number of nitrogens with zero attached hydrogens (tertiary/aromatic N) is 3. The molecule has 20 heavy (non-hydrogen) atoms. The van der Waals surface area contributed by atoms with E-state index in [2.05, 4.69) is 31.4 Å². The number of sulfonamides is 1. The molecule has 0 aliphatic heterocycles. The molecule has 0 bridgehead atoms. The van der Waals surface area contributed by atoms with E-state index in [4.69, 9.17) is 4.74 Å². The second-order valence-electron chi connectivity index (χ2n) is 3.64. The van der Waals surface area contributed by atoms with Crippen LogP contribution in [-0.4, -0.2) is 61.0 Å². The van der Waals surface area contributed by atoms with Gasteiger partial charge in [-0.05, 0) is 0 Å². The number of ether oxygens (including phenoxy) is 1. The summed E-state index contributed by atoms with van der Waals surface area (Å²) in [5.41, 5.74) is 0. The zero-order chi connectivity index (χ0) is 15.2. The van der Waals surface area contributed by atoms with Crippen molar-refractivity contribution in [2.75, 3.05) is 37.5 Å². The second-order valence-corrected chi connectivity index (χ2v) is 7.52. The minimum atomic E-state index is -3.73. The second kappa shape index (κ2) is 7.98. The maximum atomic E-state index is 12.4. The summed E-state index contributed by atoms with van der Waals surface area (Å²) >= 11 is 4.02. The van der Waals surface area contributed by atoms with Gasteiger partial charge in [-0.25, -0.2) is 8.42 Å². The molecule has 114 valence electrons. The molecule has 1 heterocycles. The average molecular weight is 387 g/mol. The molecule has 0 spiro atoms. The lowest BCUT2D eigenvalue weighted by atomic mass is 10.6. The molecular formula is C9H15BrN4O4S2. The molecule has 8 nitrogen and oxygen atoms in total. The van der Waals surface area contributed by atoms with Crippen molar-refractivity contribution in [2.24, 2.45) is 0 Å². The number of rotatable bonds is 8. The first kappa shape index (κ1) is 17.4. The predicted octanol–water partition coefficient (Wildman–Crippen LogP) is 0.528. The van der Waals surface area contributed by atoms with Gasteiger partial charge in [-0.15, -0.1) is 10.2 Å². The zero-order valence-electron chi connectivity index (χ0n) is 11.0. The maximum Gasteiger partial charge on any atom is 0.272 e. The van der Waals surface area contributed by atoms with Crippen molar-refractivity contribution >= 4 is 48.3 Å². The normalized spacial score (nSPS) is 11.8. The maximum absolute atomic E-state index is 12.4. The smallest absolute Gasteiger partial charge is 0.272 e. The minimum absolute atomic E-state index is 0.154. The molecule has 0 radical (unpaired) electrons. The minimum Gasteiger partial charge on any atom is -0.383 e. The summed E-state index contributed by atoms with van der Waals surface area (Å²) in [7, 11) is -2.23. The Balaban J connectivity index is 2.94. The van der Waals surface area contributed by atoms with Gasteiger partial charge in [0.15, 0.2) is 0 Å². The Morgan fingerprint density at radius 3 is 2.70 bits per heavy atom. The van der Waals surface area contributed by atoms with Crippen molar-refractivity contribution in [2.45, 2.75) is 11.3 Å². The fourth-order valence-corrected chi connectivity index (χ4v) is 4.44. The Morgan fingerprint density at radius 2 is 2.15 bits per heavy atom. The summed E-state index contributed by atoms with van der Waals surface area (Å²) in [6, 6.07) is 0. The molecule has 0 aromatic carbocycles.